The van der Waals surface area contributed by atoms with E-state index in [0.29, 0.717) is 22.6 Å². The number of carbonyl (C=O) groups is 4. The van der Waals surface area contributed by atoms with Crippen molar-refractivity contribution in [2.75, 3.05) is 12.4 Å². The zero-order valence-electron chi connectivity index (χ0n) is 24.9. The summed E-state index contributed by atoms with van der Waals surface area (Å²) in [4.78, 5) is 59.6. The van der Waals surface area contributed by atoms with Crippen molar-refractivity contribution < 1.29 is 47.1 Å². The molecule has 2 N–H and O–H groups in total. The Kier molecular flexibility index (Phi) is 10.5. The van der Waals surface area contributed by atoms with Gasteiger partial charge in [0.25, 0.3) is 16.8 Å². The van der Waals surface area contributed by atoms with E-state index in [0.717, 1.165) is 5.56 Å². The van der Waals surface area contributed by atoms with Crippen LogP contribution >= 0.6 is 11.8 Å². The molecular weight excluding hydrogens is 654 g/mol. The predicted octanol–water partition coefficient (Wildman–Crippen LogP) is 5.73. The number of imide groups is 3. The number of carbonyl (C=O) groups excluding carboxylic acids is 3. The van der Waals surface area contributed by atoms with Gasteiger partial charge in [-0.25, -0.2) is 18.0 Å². The van der Waals surface area contributed by atoms with E-state index in [1.165, 1.54) is 55.6 Å². The number of anilines is 1. The Labute approximate surface area is 273 Å². The summed E-state index contributed by atoms with van der Waals surface area (Å²) in [5.41, 5.74) is 2.15. The fourth-order valence-corrected chi connectivity index (χ4v) is 7.98. The van der Waals surface area contributed by atoms with Gasteiger partial charge >= 0.3 is 12.2 Å². The quantitative estimate of drug-likeness (QED) is 0.114. The summed E-state index contributed by atoms with van der Waals surface area (Å²) in [6, 6.07) is 15.7. The first kappa shape index (κ1) is 34.5. The fraction of sp³-hybridized carbons (Fsp3) is 0.226. The van der Waals surface area contributed by atoms with Gasteiger partial charge in [-0.15, -0.1) is 0 Å². The SMILES string of the molecule is COc1ccc(S(=O)(=O)C2(CCCC#Cc3cc(NC(=O)OCc4ccc([N+](=O)[O-])cc4)ccc3C)SC(=O)N(C(=O)O)C2=O)cc1. The van der Waals surface area contributed by atoms with Gasteiger partial charge in [0.05, 0.1) is 16.9 Å². The van der Waals surface area contributed by atoms with Gasteiger partial charge in [0.15, 0.2) is 0 Å². The number of nitro benzene ring substituents is 1. The number of benzene rings is 3. The van der Waals surface area contributed by atoms with E-state index < -0.39 is 48.6 Å². The summed E-state index contributed by atoms with van der Waals surface area (Å²) >= 11 is 0.148. The molecule has 4 rings (SSSR count). The molecule has 244 valence electrons. The van der Waals surface area contributed by atoms with E-state index in [1.54, 1.807) is 25.1 Å². The van der Waals surface area contributed by atoms with Crippen LogP contribution in [0.25, 0.3) is 0 Å². The van der Waals surface area contributed by atoms with Gasteiger partial charge in [-0.05, 0) is 91.2 Å². The third-order valence-corrected chi connectivity index (χ3v) is 11.1. The van der Waals surface area contributed by atoms with Crippen LogP contribution in [0, 0.1) is 28.9 Å². The van der Waals surface area contributed by atoms with Crippen molar-refractivity contribution in [2.24, 2.45) is 0 Å². The van der Waals surface area contributed by atoms with Crippen LogP contribution in [0.1, 0.15) is 36.0 Å². The molecule has 3 aromatic rings. The smallest absolute Gasteiger partial charge is 0.421 e. The summed E-state index contributed by atoms with van der Waals surface area (Å²) < 4.78 is 35.3. The van der Waals surface area contributed by atoms with Gasteiger partial charge in [0, 0.05) is 29.8 Å². The van der Waals surface area contributed by atoms with Gasteiger partial charge in [0.1, 0.15) is 12.4 Å². The van der Waals surface area contributed by atoms with E-state index in [1.807, 2.05) is 0 Å². The molecule has 47 heavy (non-hydrogen) atoms. The fourth-order valence-electron chi connectivity index (χ4n) is 4.47. The number of thioether (sulfide) groups is 1. The molecule has 14 nitrogen and oxygen atoms in total. The van der Waals surface area contributed by atoms with Crippen molar-refractivity contribution >= 4 is 56.3 Å². The molecule has 0 saturated carbocycles. The van der Waals surface area contributed by atoms with E-state index >= 15 is 0 Å². The summed E-state index contributed by atoms with van der Waals surface area (Å²) in [6.07, 6.45) is -2.93. The summed E-state index contributed by atoms with van der Waals surface area (Å²) in [6.45, 7) is 1.67. The first-order valence-electron chi connectivity index (χ1n) is 13.7. The molecule has 1 unspecified atom stereocenters. The van der Waals surface area contributed by atoms with Crippen molar-refractivity contribution in [2.45, 2.75) is 41.8 Å². The normalized spacial score (nSPS) is 15.8. The number of rotatable bonds is 10. The molecule has 1 heterocycles. The Bertz CT molecular complexity index is 1900. The van der Waals surface area contributed by atoms with Crippen LogP contribution in [0.4, 0.5) is 25.8 Å². The molecule has 1 aliphatic heterocycles. The number of hydrogen-bond donors (Lipinski definition) is 2. The lowest BCUT2D eigenvalue weighted by atomic mass is 10.1. The first-order valence-corrected chi connectivity index (χ1v) is 16.0. The molecule has 0 spiro atoms. The number of aryl methyl sites for hydroxylation is 1. The van der Waals surface area contributed by atoms with Crippen molar-refractivity contribution in [1.29, 1.82) is 0 Å². The minimum Gasteiger partial charge on any atom is -0.497 e. The predicted molar refractivity (Wildman–Crippen MR) is 170 cm³/mol. The Morgan fingerprint density at radius 1 is 1.09 bits per heavy atom. The molecule has 1 saturated heterocycles. The summed E-state index contributed by atoms with van der Waals surface area (Å²) in [5.74, 6) is 4.84. The van der Waals surface area contributed by atoms with Crippen molar-refractivity contribution in [1.82, 2.24) is 4.90 Å². The van der Waals surface area contributed by atoms with Crippen LogP contribution in [0.2, 0.25) is 0 Å². The molecule has 0 radical (unpaired) electrons. The number of hydrogen-bond acceptors (Lipinski definition) is 11. The van der Waals surface area contributed by atoms with E-state index in [2.05, 4.69) is 17.2 Å². The van der Waals surface area contributed by atoms with Crippen LogP contribution in [0.15, 0.2) is 71.6 Å². The Morgan fingerprint density at radius 3 is 2.36 bits per heavy atom. The topological polar surface area (TPSA) is 200 Å². The molecule has 1 fully saturated rings. The maximum absolute atomic E-state index is 13.7. The number of carboxylic acid groups (broad SMARTS) is 1. The Hall–Kier alpha value is -5.40. The van der Waals surface area contributed by atoms with Gasteiger partial charge < -0.3 is 14.6 Å². The van der Waals surface area contributed by atoms with Crippen molar-refractivity contribution in [3.63, 3.8) is 0 Å². The van der Waals surface area contributed by atoms with Gasteiger partial charge in [-0.2, -0.15) is 4.90 Å². The Morgan fingerprint density at radius 2 is 1.77 bits per heavy atom. The highest BCUT2D eigenvalue weighted by molar-refractivity contribution is 8.25. The number of sulfone groups is 1. The molecule has 1 aliphatic rings. The lowest BCUT2D eigenvalue weighted by molar-refractivity contribution is -0.384. The molecule has 4 amide bonds. The van der Waals surface area contributed by atoms with Gasteiger partial charge in [-0.3, -0.25) is 25.0 Å². The molecular formula is C31H27N3O11S2. The van der Waals surface area contributed by atoms with Crippen LogP contribution in [-0.2, 0) is 26.0 Å². The van der Waals surface area contributed by atoms with Crippen LogP contribution in [0.3, 0.4) is 0 Å². The third kappa shape index (κ3) is 7.54. The van der Waals surface area contributed by atoms with E-state index in [4.69, 9.17) is 9.47 Å². The zero-order valence-corrected chi connectivity index (χ0v) is 26.6. The number of nitrogens with zero attached hydrogens (tertiary/aromatic N) is 2. The van der Waals surface area contributed by atoms with Gasteiger partial charge in [-0.1, -0.05) is 17.9 Å². The summed E-state index contributed by atoms with van der Waals surface area (Å²) in [7, 11) is -3.17. The second kappa shape index (κ2) is 14.4. The highest BCUT2D eigenvalue weighted by Gasteiger charge is 2.63. The number of unbranched alkanes of at least 4 members (excludes halogenated alkanes) is 1. The number of amides is 4. The van der Waals surface area contributed by atoms with Crippen LogP contribution in [0.5, 0.6) is 5.75 Å². The highest BCUT2D eigenvalue weighted by atomic mass is 32.3. The second-order valence-corrected chi connectivity index (χ2v) is 13.7. The molecule has 3 aromatic carbocycles. The van der Waals surface area contributed by atoms with Crippen LogP contribution in [-0.4, -0.2) is 57.9 Å². The van der Waals surface area contributed by atoms with E-state index in [9.17, 15) is 42.8 Å². The maximum Gasteiger partial charge on any atom is 0.421 e. The summed E-state index contributed by atoms with van der Waals surface area (Å²) in [5, 5.41) is 21.6. The minimum absolute atomic E-state index is 0.0216. The zero-order chi connectivity index (χ0) is 34.4. The molecule has 0 aliphatic carbocycles. The number of nitrogens with one attached hydrogen (secondary N) is 1. The lowest BCUT2D eigenvalue weighted by Gasteiger charge is -2.24. The second-order valence-electron chi connectivity index (χ2n) is 10.0. The number of methoxy groups -OCH3 is 1. The lowest BCUT2D eigenvalue weighted by Crippen LogP contribution is -2.47. The third-order valence-electron chi connectivity index (χ3n) is 6.99. The van der Waals surface area contributed by atoms with Crippen molar-refractivity contribution in [3.05, 3.63) is 93.5 Å². The largest absolute Gasteiger partial charge is 0.497 e. The standard InChI is InChI=1S/C31H27N3O11S2/c1-20-7-10-23(32-28(36)45-19-21-8-11-24(12-9-21)34(40)41)18-22(20)6-4-3-5-17-31(27(35)33(29(37)38)30(39)46-31)47(42,43)26-15-13-25(44-2)14-16-26/h7-16,18H,3,5,17,19H2,1-2H3,(H,32,36)(H,37,38). The maximum atomic E-state index is 13.7. The van der Waals surface area contributed by atoms with Crippen LogP contribution < -0.4 is 10.1 Å². The minimum atomic E-state index is -4.56. The number of ether oxygens (including phenoxy) is 2. The van der Waals surface area contributed by atoms with Crippen molar-refractivity contribution in [3.8, 4) is 17.6 Å². The van der Waals surface area contributed by atoms with Gasteiger partial charge in [0.2, 0.25) is 13.9 Å². The Balaban J connectivity index is 1.44. The molecule has 0 aromatic heterocycles. The average Bonchev–Trinajstić information content (AvgIpc) is 3.31. The molecule has 0 bridgehead atoms. The number of non-ortho nitro benzene ring substituents is 1. The first-order chi connectivity index (χ1) is 22.3. The van der Waals surface area contributed by atoms with E-state index in [-0.39, 0.29) is 46.7 Å². The highest BCUT2D eigenvalue weighted by Crippen LogP contribution is 2.48. The number of nitro groups is 1. The molecule has 1 atom stereocenters. The average molecular weight is 682 g/mol. The monoisotopic (exact) mass is 681 g/mol. The molecule has 16 heteroatoms.